The van der Waals surface area contributed by atoms with E-state index in [0.29, 0.717) is 43.5 Å². The minimum Gasteiger partial charge on any atom is -0.481 e. The van der Waals surface area contributed by atoms with Crippen molar-refractivity contribution in [1.82, 2.24) is 14.2 Å². The normalized spacial score (nSPS) is 15.4. The predicted octanol–water partition coefficient (Wildman–Crippen LogP) is 3.83. The largest absolute Gasteiger partial charge is 0.481 e. The molecule has 3 rings (SSSR count). The van der Waals surface area contributed by atoms with Crippen molar-refractivity contribution >= 4 is 44.8 Å². The lowest BCUT2D eigenvalue weighted by Crippen LogP contribution is -2.50. The standard InChI is InChI=1S/C22H28Cl2N4O5S/c1-14(2)17-11-16(12-25-22(17)32-3)33-21-18(23)9-15(10-19(21)24)26-20(29)13-27-5-7-28(8-6-27)34(4,30)31/h9-12,14H,5-8,13H2,1-4H3,(H,26,29). The quantitative estimate of drug-likeness (QED) is 0.553. The molecular formula is C22H28Cl2N4O5S. The maximum atomic E-state index is 12.5. The van der Waals surface area contributed by atoms with Crippen molar-refractivity contribution in [2.45, 2.75) is 19.8 Å². The van der Waals surface area contributed by atoms with E-state index in [4.69, 9.17) is 32.7 Å². The first-order valence-electron chi connectivity index (χ1n) is 10.7. The molecule has 1 aliphatic heterocycles. The molecule has 9 nitrogen and oxygen atoms in total. The number of pyridine rings is 1. The molecule has 1 aromatic carbocycles. The topological polar surface area (TPSA) is 101 Å². The number of rotatable bonds is 8. The minimum absolute atomic E-state index is 0.126. The molecule has 1 N–H and O–H groups in total. The van der Waals surface area contributed by atoms with E-state index < -0.39 is 10.0 Å². The summed E-state index contributed by atoms with van der Waals surface area (Å²) in [6.45, 7) is 5.83. The zero-order valence-electron chi connectivity index (χ0n) is 19.5. The van der Waals surface area contributed by atoms with Gasteiger partial charge in [-0.1, -0.05) is 37.0 Å². The molecule has 186 valence electrons. The van der Waals surface area contributed by atoms with Crippen molar-refractivity contribution in [3.63, 3.8) is 0 Å². The molecule has 0 unspecified atom stereocenters. The Kier molecular flexibility index (Phi) is 8.64. The number of nitrogens with one attached hydrogen (secondary N) is 1. The molecule has 12 heteroatoms. The Morgan fingerprint density at radius 3 is 2.29 bits per heavy atom. The number of nitrogens with zero attached hydrogens (tertiary/aromatic N) is 3. The van der Waals surface area contributed by atoms with E-state index in [9.17, 15) is 13.2 Å². The van der Waals surface area contributed by atoms with Crippen molar-refractivity contribution in [3.8, 4) is 17.4 Å². The van der Waals surface area contributed by atoms with E-state index in [0.717, 1.165) is 5.56 Å². The van der Waals surface area contributed by atoms with E-state index in [2.05, 4.69) is 10.3 Å². The van der Waals surface area contributed by atoms with Gasteiger partial charge >= 0.3 is 0 Å². The third-order valence-electron chi connectivity index (χ3n) is 5.34. The van der Waals surface area contributed by atoms with Crippen LogP contribution in [0.2, 0.25) is 10.0 Å². The Balaban J connectivity index is 1.64. The number of carbonyl (C=O) groups is 1. The number of ether oxygens (including phenoxy) is 2. The number of halogens is 2. The summed E-state index contributed by atoms with van der Waals surface area (Å²) in [5.74, 6) is 1.15. The Morgan fingerprint density at radius 2 is 1.76 bits per heavy atom. The van der Waals surface area contributed by atoms with Crippen LogP contribution in [0.1, 0.15) is 25.3 Å². The van der Waals surface area contributed by atoms with Gasteiger partial charge in [0.1, 0.15) is 5.75 Å². The number of hydrogen-bond donors (Lipinski definition) is 1. The number of piperazine rings is 1. The van der Waals surface area contributed by atoms with Gasteiger partial charge in [-0.15, -0.1) is 0 Å². The van der Waals surface area contributed by atoms with Crippen LogP contribution in [-0.2, 0) is 14.8 Å². The summed E-state index contributed by atoms with van der Waals surface area (Å²) < 4.78 is 35.8. The molecule has 0 bridgehead atoms. The lowest BCUT2D eigenvalue weighted by Gasteiger charge is -2.32. The second-order valence-electron chi connectivity index (χ2n) is 8.28. The first-order valence-corrected chi connectivity index (χ1v) is 13.3. The summed E-state index contributed by atoms with van der Waals surface area (Å²) >= 11 is 12.8. The Morgan fingerprint density at radius 1 is 1.15 bits per heavy atom. The SMILES string of the molecule is COc1ncc(Oc2c(Cl)cc(NC(=O)CN3CCN(S(C)(=O)=O)CC3)cc2Cl)cc1C(C)C. The predicted molar refractivity (Wildman–Crippen MR) is 133 cm³/mol. The summed E-state index contributed by atoms with van der Waals surface area (Å²) in [5, 5.41) is 3.23. The van der Waals surface area contributed by atoms with Gasteiger partial charge in [-0.05, 0) is 24.1 Å². The van der Waals surface area contributed by atoms with Gasteiger partial charge in [-0.25, -0.2) is 13.4 Å². The van der Waals surface area contributed by atoms with Crippen molar-refractivity contribution in [3.05, 3.63) is 40.0 Å². The maximum Gasteiger partial charge on any atom is 0.238 e. The van der Waals surface area contributed by atoms with Gasteiger partial charge in [0.2, 0.25) is 21.8 Å². The highest BCUT2D eigenvalue weighted by molar-refractivity contribution is 7.88. The molecule has 1 amide bonds. The molecule has 34 heavy (non-hydrogen) atoms. The van der Waals surface area contributed by atoms with Crippen LogP contribution >= 0.6 is 23.2 Å². The van der Waals surface area contributed by atoms with Crippen molar-refractivity contribution in [1.29, 1.82) is 0 Å². The molecule has 0 atom stereocenters. The zero-order valence-corrected chi connectivity index (χ0v) is 21.8. The van der Waals surface area contributed by atoms with Crippen molar-refractivity contribution in [2.24, 2.45) is 0 Å². The van der Waals surface area contributed by atoms with Gasteiger partial charge in [-0.3, -0.25) is 9.69 Å². The number of anilines is 1. The summed E-state index contributed by atoms with van der Waals surface area (Å²) in [4.78, 5) is 18.7. The molecule has 0 spiro atoms. The lowest BCUT2D eigenvalue weighted by atomic mass is 10.1. The van der Waals surface area contributed by atoms with Crippen molar-refractivity contribution < 1.29 is 22.7 Å². The Labute approximate surface area is 210 Å². The van der Waals surface area contributed by atoms with E-state index in [1.807, 2.05) is 24.8 Å². The second-order valence-corrected chi connectivity index (χ2v) is 11.1. The van der Waals surface area contributed by atoms with Gasteiger partial charge in [0.25, 0.3) is 0 Å². The van der Waals surface area contributed by atoms with Gasteiger partial charge < -0.3 is 14.8 Å². The number of aromatic nitrogens is 1. The van der Waals surface area contributed by atoms with Gasteiger partial charge in [-0.2, -0.15) is 4.31 Å². The maximum absolute atomic E-state index is 12.5. The Bertz CT molecular complexity index is 1130. The molecule has 1 aromatic heterocycles. The average Bonchev–Trinajstić information content (AvgIpc) is 2.75. The van der Waals surface area contributed by atoms with Crippen LogP contribution in [0.3, 0.4) is 0 Å². The second kappa shape index (κ2) is 11.1. The summed E-state index contributed by atoms with van der Waals surface area (Å²) in [7, 11) is -1.66. The van der Waals surface area contributed by atoms with Crippen LogP contribution in [0, 0.1) is 0 Å². The molecule has 2 aromatic rings. The highest BCUT2D eigenvalue weighted by Gasteiger charge is 2.24. The summed E-state index contributed by atoms with van der Waals surface area (Å²) in [6.07, 6.45) is 2.71. The zero-order chi connectivity index (χ0) is 25.0. The van der Waals surface area contributed by atoms with Crippen LogP contribution in [0.5, 0.6) is 17.4 Å². The van der Waals surface area contributed by atoms with Crippen LogP contribution in [0.15, 0.2) is 24.4 Å². The smallest absolute Gasteiger partial charge is 0.238 e. The molecule has 0 saturated carbocycles. The lowest BCUT2D eigenvalue weighted by molar-refractivity contribution is -0.117. The molecule has 2 heterocycles. The fourth-order valence-corrected chi connectivity index (χ4v) is 4.95. The number of sulfonamides is 1. The molecule has 0 radical (unpaired) electrons. The average molecular weight is 531 g/mol. The first-order chi connectivity index (χ1) is 16.0. The van der Waals surface area contributed by atoms with E-state index in [1.165, 1.54) is 16.8 Å². The number of benzene rings is 1. The fourth-order valence-electron chi connectivity index (χ4n) is 3.56. The molecular weight excluding hydrogens is 503 g/mol. The van der Waals surface area contributed by atoms with Gasteiger partial charge in [0, 0.05) is 37.4 Å². The van der Waals surface area contributed by atoms with Crippen molar-refractivity contribution in [2.75, 3.05) is 51.4 Å². The number of methoxy groups -OCH3 is 1. The summed E-state index contributed by atoms with van der Waals surface area (Å²) in [5.41, 5.74) is 1.31. The molecule has 1 saturated heterocycles. The van der Waals surface area contributed by atoms with Gasteiger partial charge in [0.15, 0.2) is 5.75 Å². The number of hydrogen-bond acceptors (Lipinski definition) is 7. The third-order valence-corrected chi connectivity index (χ3v) is 7.20. The first kappa shape index (κ1) is 26.5. The Hall–Kier alpha value is -2.11. The van der Waals surface area contributed by atoms with Crippen LogP contribution in [-0.4, -0.2) is 74.6 Å². The van der Waals surface area contributed by atoms with E-state index in [1.54, 1.807) is 19.2 Å². The number of amides is 1. The van der Waals surface area contributed by atoms with Crippen LogP contribution < -0.4 is 14.8 Å². The third kappa shape index (κ3) is 6.73. The monoisotopic (exact) mass is 530 g/mol. The van der Waals surface area contributed by atoms with Crippen LogP contribution in [0.4, 0.5) is 5.69 Å². The molecule has 1 fully saturated rings. The minimum atomic E-state index is -3.22. The highest BCUT2D eigenvalue weighted by atomic mass is 35.5. The summed E-state index contributed by atoms with van der Waals surface area (Å²) in [6, 6.07) is 4.94. The molecule has 1 aliphatic rings. The number of carbonyl (C=O) groups excluding carboxylic acids is 1. The van der Waals surface area contributed by atoms with E-state index >= 15 is 0 Å². The highest BCUT2D eigenvalue weighted by Crippen LogP contribution is 2.40. The molecule has 0 aliphatic carbocycles. The van der Waals surface area contributed by atoms with Crippen LogP contribution in [0.25, 0.3) is 0 Å². The fraction of sp³-hybridized carbons (Fsp3) is 0.455. The van der Waals surface area contributed by atoms with E-state index in [-0.39, 0.29) is 34.2 Å². The van der Waals surface area contributed by atoms with Gasteiger partial charge in [0.05, 0.1) is 36.2 Å².